The Hall–Kier alpha value is -0.0800. The van der Waals surface area contributed by atoms with Gasteiger partial charge in [0.1, 0.15) is 0 Å². The topological polar surface area (TPSA) is 15.3 Å². The Labute approximate surface area is 119 Å². The molecule has 2 heterocycles. The van der Waals surface area contributed by atoms with E-state index in [2.05, 4.69) is 24.1 Å². The molecule has 1 aliphatic carbocycles. The van der Waals surface area contributed by atoms with Crippen LogP contribution in [-0.4, -0.2) is 36.6 Å². The maximum Gasteiger partial charge on any atom is 0.0246 e. The lowest BCUT2D eigenvalue weighted by Gasteiger charge is -2.48. The highest BCUT2D eigenvalue weighted by atomic mass is 15.2. The molecule has 2 heteroatoms. The highest BCUT2D eigenvalue weighted by molar-refractivity contribution is 4.94. The molecule has 0 bridgehead atoms. The van der Waals surface area contributed by atoms with Gasteiger partial charge in [0.15, 0.2) is 0 Å². The van der Waals surface area contributed by atoms with Gasteiger partial charge in [0.2, 0.25) is 0 Å². The van der Waals surface area contributed by atoms with E-state index in [0.29, 0.717) is 11.5 Å². The van der Waals surface area contributed by atoms with Gasteiger partial charge in [-0.05, 0) is 62.9 Å². The highest BCUT2D eigenvalue weighted by Crippen LogP contribution is 2.37. The molecule has 3 rings (SSSR count). The number of hydrogen-bond acceptors (Lipinski definition) is 2. The molecule has 3 aliphatic rings. The van der Waals surface area contributed by atoms with E-state index in [1.165, 1.54) is 71.0 Å². The van der Waals surface area contributed by atoms with Crippen LogP contribution in [0.5, 0.6) is 0 Å². The van der Waals surface area contributed by atoms with E-state index in [1.807, 2.05) is 0 Å². The fraction of sp³-hybridized carbons (Fsp3) is 1.00. The number of piperidine rings is 2. The van der Waals surface area contributed by atoms with Crippen molar-refractivity contribution in [2.75, 3.05) is 19.6 Å². The summed E-state index contributed by atoms with van der Waals surface area (Å²) >= 11 is 0. The van der Waals surface area contributed by atoms with Gasteiger partial charge in [-0.2, -0.15) is 0 Å². The average Bonchev–Trinajstić information content (AvgIpc) is 2.41. The summed E-state index contributed by atoms with van der Waals surface area (Å²) in [4.78, 5) is 2.86. The van der Waals surface area contributed by atoms with Crippen molar-refractivity contribution in [1.82, 2.24) is 10.2 Å². The molecule has 0 amide bonds. The van der Waals surface area contributed by atoms with E-state index in [-0.39, 0.29) is 0 Å². The van der Waals surface area contributed by atoms with Crippen LogP contribution in [-0.2, 0) is 0 Å². The van der Waals surface area contributed by atoms with Crippen molar-refractivity contribution < 1.29 is 0 Å². The lowest BCUT2D eigenvalue weighted by atomic mass is 9.75. The number of nitrogens with zero attached hydrogens (tertiary/aromatic N) is 1. The molecule has 0 spiro atoms. The first-order chi connectivity index (χ1) is 9.17. The maximum absolute atomic E-state index is 3.81. The Morgan fingerprint density at radius 1 is 1.05 bits per heavy atom. The second-order valence-corrected chi connectivity index (χ2v) is 7.85. The lowest BCUT2D eigenvalue weighted by molar-refractivity contribution is 0.0303. The summed E-state index contributed by atoms with van der Waals surface area (Å²) in [5, 5.41) is 3.81. The molecule has 2 aliphatic heterocycles. The monoisotopic (exact) mass is 264 g/mol. The predicted octanol–water partition coefficient (Wildman–Crippen LogP) is 3.42. The summed E-state index contributed by atoms with van der Waals surface area (Å²) < 4.78 is 0. The molecule has 2 saturated heterocycles. The van der Waals surface area contributed by atoms with Crippen LogP contribution in [0, 0.1) is 11.3 Å². The summed E-state index contributed by atoms with van der Waals surface area (Å²) in [5.74, 6) is 1.02. The molecule has 0 radical (unpaired) electrons. The highest BCUT2D eigenvalue weighted by Gasteiger charge is 2.38. The standard InChI is InChI=1S/C17H32N2/c1-17(2)10-6-11-18-16(17)13-19-12-5-8-14-7-3-4-9-15(14)19/h14-16,18H,3-13H2,1-2H3/t14-,15-,16?/m1/s1. The smallest absolute Gasteiger partial charge is 0.0246 e. The van der Waals surface area contributed by atoms with Crippen molar-refractivity contribution in [2.45, 2.75) is 77.3 Å². The SMILES string of the molecule is CC1(C)CCCNC1CN1CCC[C@H]2CCCC[C@H]21. The Bertz CT molecular complexity index is 298. The second-order valence-electron chi connectivity index (χ2n) is 7.85. The zero-order valence-corrected chi connectivity index (χ0v) is 13.0. The summed E-state index contributed by atoms with van der Waals surface area (Å²) in [7, 11) is 0. The van der Waals surface area contributed by atoms with Crippen molar-refractivity contribution in [1.29, 1.82) is 0 Å². The number of likely N-dealkylation sites (tertiary alicyclic amines) is 1. The molecule has 1 saturated carbocycles. The zero-order valence-electron chi connectivity index (χ0n) is 13.0. The molecule has 0 aromatic rings. The van der Waals surface area contributed by atoms with E-state index in [9.17, 15) is 0 Å². The molecule has 110 valence electrons. The van der Waals surface area contributed by atoms with E-state index in [4.69, 9.17) is 0 Å². The Morgan fingerprint density at radius 3 is 2.68 bits per heavy atom. The van der Waals surface area contributed by atoms with Crippen LogP contribution in [0.2, 0.25) is 0 Å². The normalized spacial score (nSPS) is 39.8. The van der Waals surface area contributed by atoms with Gasteiger partial charge in [0.05, 0.1) is 0 Å². The Balaban J connectivity index is 1.64. The minimum absolute atomic E-state index is 0.486. The first-order valence-electron chi connectivity index (χ1n) is 8.64. The fourth-order valence-electron chi connectivity index (χ4n) is 4.77. The van der Waals surface area contributed by atoms with Crippen LogP contribution in [0.25, 0.3) is 0 Å². The third-order valence-corrected chi connectivity index (χ3v) is 6.11. The molecule has 2 nitrogen and oxygen atoms in total. The molecular formula is C17H32N2. The maximum atomic E-state index is 3.81. The molecule has 0 aromatic heterocycles. The lowest BCUT2D eigenvalue weighted by Crippen LogP contribution is -2.57. The molecule has 1 unspecified atom stereocenters. The molecular weight excluding hydrogens is 232 g/mol. The first kappa shape index (κ1) is 13.9. The minimum Gasteiger partial charge on any atom is -0.312 e. The van der Waals surface area contributed by atoms with Crippen molar-refractivity contribution >= 4 is 0 Å². The van der Waals surface area contributed by atoms with Crippen LogP contribution >= 0.6 is 0 Å². The largest absolute Gasteiger partial charge is 0.312 e. The molecule has 1 N–H and O–H groups in total. The van der Waals surface area contributed by atoms with Gasteiger partial charge < -0.3 is 5.32 Å². The quantitative estimate of drug-likeness (QED) is 0.822. The van der Waals surface area contributed by atoms with E-state index < -0.39 is 0 Å². The van der Waals surface area contributed by atoms with Crippen LogP contribution in [0.1, 0.15) is 65.2 Å². The zero-order chi connectivity index (χ0) is 13.3. The minimum atomic E-state index is 0.486. The van der Waals surface area contributed by atoms with Gasteiger partial charge in [0.25, 0.3) is 0 Å². The number of hydrogen-bond donors (Lipinski definition) is 1. The number of fused-ring (bicyclic) bond motifs is 1. The van der Waals surface area contributed by atoms with Crippen molar-refractivity contribution in [3.63, 3.8) is 0 Å². The summed E-state index contributed by atoms with van der Waals surface area (Å²) in [5.41, 5.74) is 0.486. The van der Waals surface area contributed by atoms with Crippen LogP contribution < -0.4 is 5.32 Å². The van der Waals surface area contributed by atoms with Crippen molar-refractivity contribution in [3.8, 4) is 0 Å². The van der Waals surface area contributed by atoms with Gasteiger partial charge in [-0.3, -0.25) is 4.90 Å². The molecule has 0 aromatic carbocycles. The van der Waals surface area contributed by atoms with Gasteiger partial charge >= 0.3 is 0 Å². The third kappa shape index (κ3) is 3.00. The molecule has 3 fully saturated rings. The second kappa shape index (κ2) is 5.73. The van der Waals surface area contributed by atoms with Gasteiger partial charge in [-0.25, -0.2) is 0 Å². The van der Waals surface area contributed by atoms with Crippen LogP contribution in [0.4, 0.5) is 0 Å². The Kier molecular flexibility index (Phi) is 4.19. The molecule has 3 atom stereocenters. The van der Waals surface area contributed by atoms with Gasteiger partial charge in [-0.15, -0.1) is 0 Å². The summed E-state index contributed by atoms with van der Waals surface area (Å²) in [6, 6.07) is 1.63. The van der Waals surface area contributed by atoms with E-state index in [0.717, 1.165) is 12.0 Å². The van der Waals surface area contributed by atoms with E-state index >= 15 is 0 Å². The van der Waals surface area contributed by atoms with Crippen molar-refractivity contribution in [3.05, 3.63) is 0 Å². The average molecular weight is 264 g/mol. The van der Waals surface area contributed by atoms with E-state index in [1.54, 1.807) is 0 Å². The summed E-state index contributed by atoms with van der Waals surface area (Å²) in [6.45, 7) is 8.82. The molecule has 19 heavy (non-hydrogen) atoms. The van der Waals surface area contributed by atoms with Gasteiger partial charge in [-0.1, -0.05) is 26.7 Å². The number of nitrogens with one attached hydrogen (secondary N) is 1. The third-order valence-electron chi connectivity index (χ3n) is 6.11. The number of rotatable bonds is 2. The first-order valence-corrected chi connectivity index (χ1v) is 8.64. The van der Waals surface area contributed by atoms with Crippen LogP contribution in [0.3, 0.4) is 0 Å². The summed E-state index contributed by atoms with van der Waals surface area (Å²) in [6.07, 6.45) is 11.6. The van der Waals surface area contributed by atoms with Crippen LogP contribution in [0.15, 0.2) is 0 Å². The predicted molar refractivity (Wildman–Crippen MR) is 81.4 cm³/mol. The van der Waals surface area contributed by atoms with Crippen molar-refractivity contribution in [2.24, 2.45) is 11.3 Å². The van der Waals surface area contributed by atoms with Gasteiger partial charge in [0, 0.05) is 18.6 Å². The Morgan fingerprint density at radius 2 is 1.84 bits per heavy atom. The fourth-order valence-corrected chi connectivity index (χ4v) is 4.77.